The van der Waals surface area contributed by atoms with Gasteiger partial charge in [0.05, 0.1) is 13.0 Å². The second kappa shape index (κ2) is 9.32. The van der Waals surface area contributed by atoms with E-state index in [1.54, 1.807) is 20.8 Å². The average Bonchev–Trinajstić information content (AvgIpc) is 2.32. The van der Waals surface area contributed by atoms with Gasteiger partial charge in [0.25, 0.3) is 0 Å². The summed E-state index contributed by atoms with van der Waals surface area (Å²) in [5.74, 6) is -2.01. The number of hydrogen-bond acceptors (Lipinski definition) is 5. The van der Waals surface area contributed by atoms with Crippen molar-refractivity contribution in [2.75, 3.05) is 19.8 Å². The summed E-state index contributed by atoms with van der Waals surface area (Å²) in [4.78, 5) is 34.1. The van der Waals surface area contributed by atoms with Crippen molar-refractivity contribution in [1.82, 2.24) is 5.32 Å². The molecule has 0 spiro atoms. The predicted molar refractivity (Wildman–Crippen MR) is 68.0 cm³/mol. The number of hydrogen-bond donors (Lipinski definition) is 2. The van der Waals surface area contributed by atoms with Crippen LogP contribution in [0.2, 0.25) is 0 Å². The number of nitrogens with one attached hydrogen (secondary N) is 1. The van der Waals surface area contributed by atoms with E-state index in [-0.39, 0.29) is 19.6 Å². The monoisotopic (exact) mass is 274 g/mol. The van der Waals surface area contributed by atoms with E-state index in [0.29, 0.717) is 6.61 Å². The first-order valence-electron chi connectivity index (χ1n) is 6.24. The Bertz CT molecular complexity index is 319. The zero-order chi connectivity index (χ0) is 14.8. The Morgan fingerprint density at radius 2 is 1.84 bits per heavy atom. The highest BCUT2D eigenvalue weighted by atomic mass is 16.5. The molecule has 0 rings (SSSR count). The minimum atomic E-state index is -0.919. The molecule has 0 radical (unpaired) electrons. The lowest BCUT2D eigenvalue weighted by atomic mass is 9.97. The minimum Gasteiger partial charge on any atom is -0.466 e. The summed E-state index contributed by atoms with van der Waals surface area (Å²) in [7, 11) is 0. The molecule has 3 N–H and O–H groups in total. The fourth-order valence-corrected chi connectivity index (χ4v) is 1.50. The Balaban J connectivity index is 4.42. The lowest BCUT2D eigenvalue weighted by Gasteiger charge is -2.21. The van der Waals surface area contributed by atoms with Crippen LogP contribution >= 0.6 is 0 Å². The van der Waals surface area contributed by atoms with Gasteiger partial charge in [-0.05, 0) is 19.8 Å². The number of primary amides is 1. The van der Waals surface area contributed by atoms with Gasteiger partial charge in [-0.3, -0.25) is 14.4 Å². The molecule has 0 aromatic carbocycles. The van der Waals surface area contributed by atoms with Crippen molar-refractivity contribution in [3.63, 3.8) is 0 Å². The molecule has 0 aliphatic carbocycles. The molecule has 0 aliphatic heterocycles. The van der Waals surface area contributed by atoms with Gasteiger partial charge < -0.3 is 20.5 Å². The highest BCUT2D eigenvalue weighted by molar-refractivity contribution is 5.87. The van der Waals surface area contributed by atoms with Crippen LogP contribution in [0.3, 0.4) is 0 Å². The van der Waals surface area contributed by atoms with Crippen LogP contribution in [0.5, 0.6) is 0 Å². The van der Waals surface area contributed by atoms with Gasteiger partial charge in [-0.15, -0.1) is 0 Å². The first-order chi connectivity index (χ1) is 8.92. The molecule has 0 saturated heterocycles. The minimum absolute atomic E-state index is 0.0103. The number of esters is 1. The van der Waals surface area contributed by atoms with Crippen LogP contribution < -0.4 is 11.1 Å². The largest absolute Gasteiger partial charge is 0.466 e. The van der Waals surface area contributed by atoms with E-state index in [1.807, 2.05) is 0 Å². The van der Waals surface area contributed by atoms with Crippen molar-refractivity contribution >= 4 is 17.8 Å². The number of carbonyl (C=O) groups is 3. The molecule has 0 aromatic rings. The molecule has 0 aliphatic rings. The first kappa shape index (κ1) is 17.4. The Morgan fingerprint density at radius 1 is 1.21 bits per heavy atom. The van der Waals surface area contributed by atoms with Crippen molar-refractivity contribution in [1.29, 1.82) is 0 Å². The topological polar surface area (TPSA) is 108 Å². The van der Waals surface area contributed by atoms with E-state index < -0.39 is 29.7 Å². The van der Waals surface area contributed by atoms with Crippen LogP contribution in [0.1, 0.15) is 27.2 Å². The Hall–Kier alpha value is -1.63. The molecule has 110 valence electrons. The van der Waals surface area contributed by atoms with Crippen molar-refractivity contribution in [3.05, 3.63) is 0 Å². The van der Waals surface area contributed by atoms with E-state index in [9.17, 15) is 14.4 Å². The predicted octanol–water partition coefficient (Wildman–Crippen LogP) is -0.418. The van der Waals surface area contributed by atoms with Gasteiger partial charge >= 0.3 is 5.97 Å². The van der Waals surface area contributed by atoms with Gasteiger partial charge in [-0.1, -0.05) is 6.92 Å². The molecular formula is C12H22N2O5. The molecule has 7 heteroatoms. The molecule has 0 aromatic heterocycles. The molecule has 0 saturated carbocycles. The molecule has 0 bridgehead atoms. The van der Waals surface area contributed by atoms with E-state index >= 15 is 0 Å². The molecule has 0 heterocycles. The van der Waals surface area contributed by atoms with Crippen LogP contribution in [-0.2, 0) is 23.9 Å². The summed E-state index contributed by atoms with van der Waals surface area (Å²) >= 11 is 0. The van der Waals surface area contributed by atoms with E-state index in [4.69, 9.17) is 15.2 Å². The SMILES string of the molecule is CCOCC(=O)N[C@H](C(N)=O)[C@@H](C)CC(=O)OCC. The zero-order valence-electron chi connectivity index (χ0n) is 11.6. The zero-order valence-corrected chi connectivity index (χ0v) is 11.6. The third-order valence-corrected chi connectivity index (χ3v) is 2.42. The summed E-state index contributed by atoms with van der Waals surface area (Å²) in [5, 5.41) is 2.45. The van der Waals surface area contributed by atoms with Gasteiger partial charge in [0.15, 0.2) is 0 Å². The second-order valence-electron chi connectivity index (χ2n) is 4.07. The summed E-state index contributed by atoms with van der Waals surface area (Å²) in [5.41, 5.74) is 5.22. The van der Waals surface area contributed by atoms with Gasteiger partial charge in [0.2, 0.25) is 11.8 Å². The molecular weight excluding hydrogens is 252 g/mol. The average molecular weight is 274 g/mol. The van der Waals surface area contributed by atoms with Crippen molar-refractivity contribution in [3.8, 4) is 0 Å². The normalized spacial score (nSPS) is 13.4. The number of nitrogens with two attached hydrogens (primary N) is 1. The number of amides is 2. The molecule has 19 heavy (non-hydrogen) atoms. The molecule has 2 amide bonds. The fraction of sp³-hybridized carbons (Fsp3) is 0.750. The molecule has 0 unspecified atom stereocenters. The Kier molecular flexibility index (Phi) is 8.52. The summed E-state index contributed by atoms with van der Waals surface area (Å²) in [6, 6.07) is -0.919. The van der Waals surface area contributed by atoms with Crippen LogP contribution in [-0.4, -0.2) is 43.6 Å². The van der Waals surface area contributed by atoms with Crippen molar-refractivity contribution in [2.24, 2.45) is 11.7 Å². The van der Waals surface area contributed by atoms with Gasteiger partial charge in [0, 0.05) is 6.61 Å². The lowest BCUT2D eigenvalue weighted by molar-refractivity contribution is -0.145. The highest BCUT2D eigenvalue weighted by Gasteiger charge is 2.27. The number of ether oxygens (including phenoxy) is 2. The van der Waals surface area contributed by atoms with E-state index in [1.165, 1.54) is 0 Å². The van der Waals surface area contributed by atoms with Gasteiger partial charge in [-0.2, -0.15) is 0 Å². The highest BCUT2D eigenvalue weighted by Crippen LogP contribution is 2.09. The second-order valence-corrected chi connectivity index (χ2v) is 4.07. The quantitative estimate of drug-likeness (QED) is 0.555. The number of rotatable bonds is 9. The van der Waals surface area contributed by atoms with Crippen LogP contribution in [0.15, 0.2) is 0 Å². The van der Waals surface area contributed by atoms with Crippen LogP contribution in [0, 0.1) is 5.92 Å². The maximum atomic E-state index is 11.5. The van der Waals surface area contributed by atoms with Crippen LogP contribution in [0.4, 0.5) is 0 Å². The smallest absolute Gasteiger partial charge is 0.306 e. The van der Waals surface area contributed by atoms with Crippen LogP contribution in [0.25, 0.3) is 0 Å². The van der Waals surface area contributed by atoms with E-state index in [0.717, 1.165) is 0 Å². The molecule has 7 nitrogen and oxygen atoms in total. The lowest BCUT2D eigenvalue weighted by Crippen LogP contribution is -2.49. The summed E-state index contributed by atoms with van der Waals surface area (Å²) in [6.45, 7) is 5.61. The first-order valence-corrected chi connectivity index (χ1v) is 6.24. The third kappa shape index (κ3) is 7.40. The summed E-state index contributed by atoms with van der Waals surface area (Å²) in [6.07, 6.45) is 0.0103. The summed E-state index contributed by atoms with van der Waals surface area (Å²) < 4.78 is 9.70. The maximum absolute atomic E-state index is 11.5. The standard InChI is InChI=1S/C12H22N2O5/c1-4-18-7-9(15)14-11(12(13)17)8(3)6-10(16)19-5-2/h8,11H,4-7H2,1-3H3,(H2,13,17)(H,14,15)/t8-,11-/m0/s1. The van der Waals surface area contributed by atoms with E-state index in [2.05, 4.69) is 5.32 Å². The fourth-order valence-electron chi connectivity index (χ4n) is 1.50. The molecule has 0 fully saturated rings. The van der Waals surface area contributed by atoms with Crippen molar-refractivity contribution in [2.45, 2.75) is 33.2 Å². The van der Waals surface area contributed by atoms with Crippen molar-refractivity contribution < 1.29 is 23.9 Å². The maximum Gasteiger partial charge on any atom is 0.306 e. The Labute approximate surface area is 112 Å². The Morgan fingerprint density at radius 3 is 2.32 bits per heavy atom. The van der Waals surface area contributed by atoms with Gasteiger partial charge in [0.1, 0.15) is 12.6 Å². The molecule has 2 atom stereocenters. The van der Waals surface area contributed by atoms with Gasteiger partial charge in [-0.25, -0.2) is 0 Å². The number of carbonyl (C=O) groups excluding carboxylic acids is 3. The third-order valence-electron chi connectivity index (χ3n) is 2.42.